The first-order valence-corrected chi connectivity index (χ1v) is 10.6. The van der Waals surface area contributed by atoms with Gasteiger partial charge in [-0.05, 0) is 43.9 Å². The van der Waals surface area contributed by atoms with Gasteiger partial charge in [0.2, 0.25) is 0 Å². The van der Waals surface area contributed by atoms with E-state index in [1.807, 2.05) is 6.92 Å². The minimum Gasteiger partial charge on any atom is -0.468 e. The van der Waals surface area contributed by atoms with Crippen LogP contribution in [0.2, 0.25) is 0 Å². The molecule has 1 aliphatic heterocycles. The smallest absolute Gasteiger partial charge is 0.336 e. The van der Waals surface area contributed by atoms with Crippen LogP contribution in [-0.4, -0.2) is 44.7 Å². The second-order valence-electron chi connectivity index (χ2n) is 7.92. The number of methoxy groups -OCH3 is 1. The van der Waals surface area contributed by atoms with Crippen LogP contribution >= 0.6 is 0 Å². The molecule has 0 bridgehead atoms. The highest BCUT2D eigenvalue weighted by Crippen LogP contribution is 2.45. The number of carbonyl (C=O) groups is 3. The first kappa shape index (κ1) is 23.7. The standard InChI is InChI=1S/C24H28FNO6/c1-5-31-9-10-32-24(29)19-14(3)26-17-11-13(2)18(23(28)30-4)22(27)21(17)20(19)15-7-6-8-16(25)12-15/h6-8,12-13,18,20,26H,5,9-11H2,1-4H3/t13-,18+,20-/m0/s1. The molecule has 0 spiro atoms. The Morgan fingerprint density at radius 3 is 2.66 bits per heavy atom. The van der Waals surface area contributed by atoms with E-state index in [0.29, 0.717) is 30.0 Å². The lowest BCUT2D eigenvalue weighted by molar-refractivity contribution is -0.151. The summed E-state index contributed by atoms with van der Waals surface area (Å²) in [5.41, 5.74) is 2.06. The summed E-state index contributed by atoms with van der Waals surface area (Å²) in [4.78, 5) is 39.0. The first-order valence-electron chi connectivity index (χ1n) is 10.6. The Kier molecular flexibility index (Phi) is 7.45. The maximum absolute atomic E-state index is 14.1. The minimum atomic E-state index is -0.995. The SMILES string of the molecule is CCOCCOC(=O)C1=C(C)NC2=C(C(=O)[C@H](C(=O)OC)[C@@H](C)C2)[C@H]1c1cccc(F)c1. The zero-order valence-electron chi connectivity index (χ0n) is 18.7. The summed E-state index contributed by atoms with van der Waals surface area (Å²) < 4.78 is 29.6. The zero-order valence-corrected chi connectivity index (χ0v) is 18.7. The summed E-state index contributed by atoms with van der Waals surface area (Å²) in [5.74, 6) is -4.33. The fourth-order valence-corrected chi connectivity index (χ4v) is 4.39. The number of carbonyl (C=O) groups excluding carboxylic acids is 3. The number of ether oxygens (including phenoxy) is 3. The molecule has 0 amide bonds. The highest BCUT2D eigenvalue weighted by atomic mass is 19.1. The number of hydrogen-bond donors (Lipinski definition) is 1. The van der Waals surface area contributed by atoms with Gasteiger partial charge in [-0.2, -0.15) is 0 Å². The normalized spacial score (nSPS) is 22.9. The van der Waals surface area contributed by atoms with Crippen LogP contribution in [0.1, 0.15) is 38.7 Å². The molecule has 32 heavy (non-hydrogen) atoms. The van der Waals surface area contributed by atoms with Gasteiger partial charge in [-0.25, -0.2) is 9.18 Å². The number of Topliss-reactive ketones (excluding diaryl/α,β-unsaturated/α-hetero) is 1. The second-order valence-corrected chi connectivity index (χ2v) is 7.92. The van der Waals surface area contributed by atoms with Crippen LogP contribution in [0.15, 0.2) is 46.8 Å². The van der Waals surface area contributed by atoms with E-state index in [1.165, 1.54) is 25.3 Å². The fraction of sp³-hybridized carbons (Fsp3) is 0.458. The summed E-state index contributed by atoms with van der Waals surface area (Å²) >= 11 is 0. The van der Waals surface area contributed by atoms with Gasteiger partial charge in [0.1, 0.15) is 18.3 Å². The third kappa shape index (κ3) is 4.60. The van der Waals surface area contributed by atoms with Crippen LogP contribution in [0.25, 0.3) is 0 Å². The number of rotatable bonds is 7. The number of benzene rings is 1. The number of ketones is 1. The van der Waals surface area contributed by atoms with Crippen LogP contribution in [0.3, 0.4) is 0 Å². The van der Waals surface area contributed by atoms with Gasteiger partial charge in [-0.15, -0.1) is 0 Å². The van der Waals surface area contributed by atoms with Crippen LogP contribution in [0.5, 0.6) is 0 Å². The van der Waals surface area contributed by atoms with E-state index in [9.17, 15) is 18.8 Å². The summed E-state index contributed by atoms with van der Waals surface area (Å²) in [6.45, 7) is 6.13. The number of dihydropyridines is 1. The number of hydrogen-bond acceptors (Lipinski definition) is 7. The third-order valence-electron chi connectivity index (χ3n) is 5.81. The predicted octanol–water partition coefficient (Wildman–Crippen LogP) is 3.02. The van der Waals surface area contributed by atoms with E-state index in [-0.39, 0.29) is 30.3 Å². The molecule has 8 heteroatoms. The molecule has 1 aliphatic carbocycles. The van der Waals surface area contributed by atoms with Crippen LogP contribution in [0, 0.1) is 17.7 Å². The molecule has 0 radical (unpaired) electrons. The lowest BCUT2D eigenvalue weighted by Gasteiger charge is -2.38. The maximum Gasteiger partial charge on any atom is 0.336 e. The second kappa shape index (κ2) is 10.1. The molecule has 3 rings (SSSR count). The molecule has 2 aliphatic rings. The van der Waals surface area contributed by atoms with Crippen molar-refractivity contribution in [2.24, 2.45) is 11.8 Å². The van der Waals surface area contributed by atoms with Gasteiger partial charge in [0.05, 0.1) is 19.3 Å². The molecule has 0 fully saturated rings. The van der Waals surface area contributed by atoms with Gasteiger partial charge in [-0.1, -0.05) is 19.1 Å². The molecule has 7 nitrogen and oxygen atoms in total. The monoisotopic (exact) mass is 445 g/mol. The van der Waals surface area contributed by atoms with E-state index in [2.05, 4.69) is 5.32 Å². The van der Waals surface area contributed by atoms with E-state index in [1.54, 1.807) is 19.9 Å². The van der Waals surface area contributed by atoms with Gasteiger partial charge in [-0.3, -0.25) is 9.59 Å². The Morgan fingerprint density at radius 2 is 2.00 bits per heavy atom. The Bertz CT molecular complexity index is 982. The van der Waals surface area contributed by atoms with Crippen molar-refractivity contribution in [3.63, 3.8) is 0 Å². The lowest BCUT2D eigenvalue weighted by atomic mass is 9.69. The van der Waals surface area contributed by atoms with Crippen molar-refractivity contribution in [2.75, 3.05) is 26.9 Å². The molecule has 0 aromatic heterocycles. The Labute approximate surface area is 186 Å². The Balaban J connectivity index is 2.07. The summed E-state index contributed by atoms with van der Waals surface area (Å²) in [7, 11) is 1.24. The van der Waals surface area contributed by atoms with Crippen molar-refractivity contribution in [1.82, 2.24) is 5.32 Å². The molecule has 1 aromatic carbocycles. The van der Waals surface area contributed by atoms with Gasteiger partial charge < -0.3 is 19.5 Å². The first-order chi connectivity index (χ1) is 15.3. The molecule has 0 saturated heterocycles. The lowest BCUT2D eigenvalue weighted by Crippen LogP contribution is -2.43. The largest absolute Gasteiger partial charge is 0.468 e. The van der Waals surface area contributed by atoms with Crippen molar-refractivity contribution in [2.45, 2.75) is 33.1 Å². The van der Waals surface area contributed by atoms with Crippen molar-refractivity contribution in [3.05, 3.63) is 58.2 Å². The molecule has 172 valence electrons. The van der Waals surface area contributed by atoms with Crippen molar-refractivity contribution in [1.29, 1.82) is 0 Å². The minimum absolute atomic E-state index is 0.0427. The van der Waals surface area contributed by atoms with Gasteiger partial charge in [0, 0.05) is 29.5 Å². The van der Waals surface area contributed by atoms with Gasteiger partial charge in [0.15, 0.2) is 5.78 Å². The topological polar surface area (TPSA) is 90.9 Å². The summed E-state index contributed by atoms with van der Waals surface area (Å²) in [6.07, 6.45) is 0.413. The van der Waals surface area contributed by atoms with Crippen molar-refractivity contribution in [3.8, 4) is 0 Å². The third-order valence-corrected chi connectivity index (χ3v) is 5.81. The number of esters is 2. The zero-order chi connectivity index (χ0) is 23.4. The van der Waals surface area contributed by atoms with E-state index in [4.69, 9.17) is 14.2 Å². The quantitative estimate of drug-likeness (QED) is 0.392. The number of allylic oxidation sites excluding steroid dienone is 3. The predicted molar refractivity (Wildman–Crippen MR) is 114 cm³/mol. The highest BCUT2D eigenvalue weighted by Gasteiger charge is 2.47. The molecule has 1 aromatic rings. The van der Waals surface area contributed by atoms with Crippen molar-refractivity contribution < 1.29 is 33.0 Å². The average molecular weight is 445 g/mol. The summed E-state index contributed by atoms with van der Waals surface area (Å²) in [6, 6.07) is 5.76. The molecule has 1 N–H and O–H groups in total. The van der Waals surface area contributed by atoms with Crippen molar-refractivity contribution >= 4 is 17.7 Å². The fourth-order valence-electron chi connectivity index (χ4n) is 4.39. The molecule has 3 atom stereocenters. The maximum atomic E-state index is 14.1. The Morgan fingerprint density at radius 1 is 1.25 bits per heavy atom. The highest BCUT2D eigenvalue weighted by molar-refractivity contribution is 6.12. The van der Waals surface area contributed by atoms with Crippen LogP contribution in [0.4, 0.5) is 4.39 Å². The van der Waals surface area contributed by atoms with Crippen LogP contribution in [-0.2, 0) is 28.6 Å². The van der Waals surface area contributed by atoms with E-state index in [0.717, 1.165) is 0 Å². The molecule has 0 saturated carbocycles. The van der Waals surface area contributed by atoms with E-state index >= 15 is 0 Å². The number of nitrogens with one attached hydrogen (secondary N) is 1. The van der Waals surface area contributed by atoms with Gasteiger partial charge in [0.25, 0.3) is 0 Å². The number of halogens is 1. The van der Waals surface area contributed by atoms with Crippen LogP contribution < -0.4 is 5.32 Å². The molecule has 0 unspecified atom stereocenters. The summed E-state index contributed by atoms with van der Waals surface area (Å²) in [5, 5.41) is 3.16. The van der Waals surface area contributed by atoms with Gasteiger partial charge >= 0.3 is 11.9 Å². The molecule has 1 heterocycles. The molecular formula is C24H28FNO6. The molecular weight excluding hydrogens is 417 g/mol. The Hall–Kier alpha value is -3.00. The van der Waals surface area contributed by atoms with E-state index < -0.39 is 35.4 Å². The average Bonchev–Trinajstić information content (AvgIpc) is 2.75.